The van der Waals surface area contributed by atoms with Crippen LogP contribution in [-0.2, 0) is 4.74 Å². The largest absolute Gasteiger partial charge is 0.478 e. The number of nitrogens with zero attached hydrogens (tertiary/aromatic N) is 3. The molecule has 0 amide bonds. The van der Waals surface area contributed by atoms with Crippen molar-refractivity contribution >= 4 is 5.95 Å². The van der Waals surface area contributed by atoms with E-state index in [2.05, 4.69) is 14.9 Å². The molecule has 2 fully saturated rings. The lowest BCUT2D eigenvalue weighted by atomic mass is 10.2. The van der Waals surface area contributed by atoms with Gasteiger partial charge in [-0.1, -0.05) is 0 Å². The molecule has 18 heavy (non-hydrogen) atoms. The molecule has 0 unspecified atom stereocenters. The van der Waals surface area contributed by atoms with Crippen LogP contribution in [0.5, 0.6) is 5.88 Å². The third-order valence-electron chi connectivity index (χ3n) is 3.43. The highest BCUT2D eigenvalue weighted by molar-refractivity contribution is 5.33. The zero-order chi connectivity index (χ0) is 12.4. The first-order chi connectivity index (χ1) is 8.86. The van der Waals surface area contributed by atoms with E-state index in [0.29, 0.717) is 18.6 Å². The molecule has 3 rings (SSSR count). The summed E-state index contributed by atoms with van der Waals surface area (Å²) in [5, 5.41) is 0. The van der Waals surface area contributed by atoms with Gasteiger partial charge in [-0.3, -0.25) is 0 Å². The Bertz CT molecular complexity index is 409. The fraction of sp³-hybridized carbons (Fsp3) is 0.692. The van der Waals surface area contributed by atoms with Gasteiger partial charge in [0.1, 0.15) is 0 Å². The molecule has 0 bridgehead atoms. The predicted molar refractivity (Wildman–Crippen MR) is 67.9 cm³/mol. The lowest BCUT2D eigenvalue weighted by Gasteiger charge is -2.33. The molecule has 2 aliphatic rings. The third kappa shape index (κ3) is 2.56. The molecule has 1 atom stereocenters. The summed E-state index contributed by atoms with van der Waals surface area (Å²) in [6.07, 6.45) is 4.73. The summed E-state index contributed by atoms with van der Waals surface area (Å²) >= 11 is 0. The predicted octanol–water partition coefficient (Wildman–Crippen LogP) is 1.49. The van der Waals surface area contributed by atoms with Crippen LogP contribution in [0.4, 0.5) is 5.95 Å². The zero-order valence-electron chi connectivity index (χ0n) is 10.7. The van der Waals surface area contributed by atoms with Gasteiger partial charge in [-0.05, 0) is 25.7 Å². The Morgan fingerprint density at radius 1 is 1.50 bits per heavy atom. The summed E-state index contributed by atoms with van der Waals surface area (Å²) in [6, 6.07) is 1.80. The third-order valence-corrected chi connectivity index (χ3v) is 3.43. The monoisotopic (exact) mass is 249 g/mol. The van der Waals surface area contributed by atoms with Gasteiger partial charge in [-0.15, -0.1) is 0 Å². The summed E-state index contributed by atoms with van der Waals surface area (Å²) in [5.41, 5.74) is 0. The van der Waals surface area contributed by atoms with E-state index < -0.39 is 0 Å². The van der Waals surface area contributed by atoms with Gasteiger partial charge >= 0.3 is 0 Å². The van der Waals surface area contributed by atoms with Gasteiger partial charge in [0.05, 0.1) is 19.3 Å². The molecular formula is C13H19N3O2. The molecule has 1 saturated carbocycles. The lowest BCUT2D eigenvalue weighted by molar-refractivity contribution is 0.0258. The highest BCUT2D eigenvalue weighted by Gasteiger charge is 2.35. The second kappa shape index (κ2) is 5.10. The minimum atomic E-state index is 0.359. The van der Waals surface area contributed by atoms with E-state index >= 15 is 0 Å². The van der Waals surface area contributed by atoms with Gasteiger partial charge in [0.25, 0.3) is 0 Å². The summed E-state index contributed by atoms with van der Waals surface area (Å²) in [7, 11) is 0. The van der Waals surface area contributed by atoms with Crippen LogP contribution in [0.15, 0.2) is 12.3 Å². The molecule has 5 heteroatoms. The molecule has 2 heterocycles. The molecule has 1 aromatic rings. The molecule has 0 radical (unpaired) electrons. The highest BCUT2D eigenvalue weighted by atomic mass is 16.5. The second-order valence-electron chi connectivity index (χ2n) is 4.82. The smallest absolute Gasteiger partial charge is 0.228 e. The van der Waals surface area contributed by atoms with Gasteiger partial charge in [-0.25, -0.2) is 4.98 Å². The van der Waals surface area contributed by atoms with Crippen LogP contribution < -0.4 is 9.64 Å². The van der Waals surface area contributed by atoms with Crippen molar-refractivity contribution in [3.63, 3.8) is 0 Å². The standard InChI is InChI=1S/C13H19N3O2/c1-2-17-12-5-6-14-13(15-12)16-7-8-18-11(9-16)10-3-4-10/h5-6,10-11H,2-4,7-9H2,1H3/t11-/m1/s1. The fourth-order valence-electron chi connectivity index (χ4n) is 2.32. The number of morpholine rings is 1. The average Bonchev–Trinajstić information content (AvgIpc) is 3.24. The SMILES string of the molecule is CCOc1ccnc(N2CCO[C@@H](C3CC3)C2)n1. The topological polar surface area (TPSA) is 47.5 Å². The van der Waals surface area contributed by atoms with Crippen LogP contribution in [0.1, 0.15) is 19.8 Å². The van der Waals surface area contributed by atoms with Crippen LogP contribution in [0.3, 0.4) is 0 Å². The highest BCUT2D eigenvalue weighted by Crippen LogP contribution is 2.36. The minimum Gasteiger partial charge on any atom is -0.478 e. The number of ether oxygens (including phenoxy) is 2. The van der Waals surface area contributed by atoms with Crippen LogP contribution >= 0.6 is 0 Å². The number of hydrogen-bond donors (Lipinski definition) is 0. The number of aromatic nitrogens is 2. The normalized spacial score (nSPS) is 24.1. The molecule has 5 nitrogen and oxygen atoms in total. The van der Waals surface area contributed by atoms with Crippen molar-refractivity contribution < 1.29 is 9.47 Å². The molecule has 0 aromatic carbocycles. The van der Waals surface area contributed by atoms with Crippen LogP contribution in [0.2, 0.25) is 0 Å². The zero-order valence-corrected chi connectivity index (χ0v) is 10.7. The van der Waals surface area contributed by atoms with E-state index in [9.17, 15) is 0 Å². The van der Waals surface area contributed by atoms with Crippen LogP contribution in [0.25, 0.3) is 0 Å². The van der Waals surface area contributed by atoms with Gasteiger partial charge in [0, 0.05) is 25.4 Å². The van der Waals surface area contributed by atoms with E-state index in [4.69, 9.17) is 9.47 Å². The van der Waals surface area contributed by atoms with Crippen molar-refractivity contribution in [2.45, 2.75) is 25.9 Å². The lowest BCUT2D eigenvalue weighted by Crippen LogP contribution is -2.44. The van der Waals surface area contributed by atoms with E-state index in [1.54, 1.807) is 12.3 Å². The summed E-state index contributed by atoms with van der Waals surface area (Å²) in [6.45, 7) is 5.12. The Hall–Kier alpha value is -1.36. The van der Waals surface area contributed by atoms with E-state index in [0.717, 1.165) is 31.6 Å². The quantitative estimate of drug-likeness (QED) is 0.809. The van der Waals surface area contributed by atoms with E-state index in [1.165, 1.54) is 12.8 Å². The summed E-state index contributed by atoms with van der Waals surface area (Å²) in [5.74, 6) is 2.16. The molecule has 1 aromatic heterocycles. The molecule has 0 N–H and O–H groups in total. The minimum absolute atomic E-state index is 0.359. The Morgan fingerprint density at radius 3 is 3.17 bits per heavy atom. The Labute approximate surface area is 107 Å². The van der Waals surface area contributed by atoms with Gasteiger partial charge in [-0.2, -0.15) is 4.98 Å². The molecule has 1 saturated heterocycles. The van der Waals surface area contributed by atoms with Crippen molar-refractivity contribution in [1.29, 1.82) is 0 Å². The second-order valence-corrected chi connectivity index (χ2v) is 4.82. The first-order valence-electron chi connectivity index (χ1n) is 6.69. The Morgan fingerprint density at radius 2 is 2.39 bits per heavy atom. The maximum atomic E-state index is 5.80. The Kier molecular flexibility index (Phi) is 3.32. The van der Waals surface area contributed by atoms with Crippen molar-refractivity contribution in [2.75, 3.05) is 31.2 Å². The first kappa shape index (κ1) is 11.7. The first-order valence-corrected chi connectivity index (χ1v) is 6.69. The van der Waals surface area contributed by atoms with E-state index in [1.807, 2.05) is 6.92 Å². The van der Waals surface area contributed by atoms with Crippen molar-refractivity contribution in [1.82, 2.24) is 9.97 Å². The van der Waals surface area contributed by atoms with Crippen LogP contribution in [0, 0.1) is 5.92 Å². The number of hydrogen-bond acceptors (Lipinski definition) is 5. The summed E-state index contributed by atoms with van der Waals surface area (Å²) < 4.78 is 11.2. The maximum Gasteiger partial charge on any atom is 0.228 e. The maximum absolute atomic E-state index is 5.80. The average molecular weight is 249 g/mol. The summed E-state index contributed by atoms with van der Waals surface area (Å²) in [4.78, 5) is 11.0. The van der Waals surface area contributed by atoms with Gasteiger partial charge in [0.15, 0.2) is 0 Å². The van der Waals surface area contributed by atoms with Crippen molar-refractivity contribution in [3.05, 3.63) is 12.3 Å². The van der Waals surface area contributed by atoms with Crippen LogP contribution in [-0.4, -0.2) is 42.4 Å². The number of anilines is 1. The molecule has 0 spiro atoms. The molecule has 98 valence electrons. The van der Waals surface area contributed by atoms with Gasteiger partial charge in [0.2, 0.25) is 11.8 Å². The molecular weight excluding hydrogens is 230 g/mol. The fourth-order valence-corrected chi connectivity index (χ4v) is 2.32. The molecule has 1 aliphatic heterocycles. The van der Waals surface area contributed by atoms with E-state index in [-0.39, 0.29) is 0 Å². The van der Waals surface area contributed by atoms with Crippen molar-refractivity contribution in [2.24, 2.45) is 5.92 Å². The van der Waals surface area contributed by atoms with Gasteiger partial charge < -0.3 is 14.4 Å². The van der Waals surface area contributed by atoms with Crippen molar-refractivity contribution in [3.8, 4) is 5.88 Å². The Balaban J connectivity index is 1.70. The number of rotatable bonds is 4. The molecule has 1 aliphatic carbocycles.